The van der Waals surface area contributed by atoms with Gasteiger partial charge in [-0.2, -0.15) is 0 Å². The maximum absolute atomic E-state index is 4.47. The zero-order valence-corrected chi connectivity index (χ0v) is 8.16. The number of piperidine rings is 1. The number of fused-ring (bicyclic) bond motifs is 2. The van der Waals surface area contributed by atoms with Gasteiger partial charge in [0.25, 0.3) is 0 Å². The molecule has 0 amide bonds. The van der Waals surface area contributed by atoms with E-state index in [1.165, 1.54) is 35.5 Å². The molecule has 0 aromatic carbocycles. The summed E-state index contributed by atoms with van der Waals surface area (Å²) in [6, 6.07) is 4.17. The fourth-order valence-electron chi connectivity index (χ4n) is 2.45. The summed E-state index contributed by atoms with van der Waals surface area (Å²) in [4.78, 5) is 4.47. The highest BCUT2D eigenvalue weighted by molar-refractivity contribution is 5.51. The minimum absolute atomic E-state index is 0.700. The van der Waals surface area contributed by atoms with Gasteiger partial charge < -0.3 is 5.32 Å². The third kappa shape index (κ3) is 1.14. The van der Waals surface area contributed by atoms with Crippen molar-refractivity contribution in [2.24, 2.45) is 5.92 Å². The van der Waals surface area contributed by atoms with E-state index in [4.69, 9.17) is 0 Å². The number of rotatable bonds is 0. The standard InChI is InChI=1S/C12H14N2/c1-3-9-5-6-10-4-2-8-14-12(10)11(9)13-7-1/h1,3,5,7,10,14H,2,4,6,8H2. The summed E-state index contributed by atoms with van der Waals surface area (Å²) in [5.41, 5.74) is 1.38. The van der Waals surface area contributed by atoms with E-state index in [0.717, 1.165) is 6.54 Å². The second-order valence-corrected chi connectivity index (χ2v) is 4.06. The molecule has 1 fully saturated rings. The minimum Gasteiger partial charge on any atom is -0.386 e. The molecule has 2 nitrogen and oxygen atoms in total. The van der Waals surface area contributed by atoms with Crippen LogP contribution in [0.4, 0.5) is 0 Å². The predicted molar refractivity (Wildman–Crippen MR) is 56.7 cm³/mol. The number of nitrogens with zero attached hydrogens (tertiary/aromatic N) is 1. The first-order valence-corrected chi connectivity index (χ1v) is 5.34. The van der Waals surface area contributed by atoms with Gasteiger partial charge in [-0.1, -0.05) is 12.1 Å². The van der Waals surface area contributed by atoms with Gasteiger partial charge in [-0.15, -0.1) is 0 Å². The van der Waals surface area contributed by atoms with Gasteiger partial charge in [0.05, 0.1) is 5.35 Å². The Labute approximate surface area is 83.4 Å². The number of aromatic nitrogens is 1. The van der Waals surface area contributed by atoms with Crippen LogP contribution in [-0.2, 0) is 0 Å². The molecule has 1 aromatic rings. The third-order valence-electron chi connectivity index (χ3n) is 3.17. The topological polar surface area (TPSA) is 24.9 Å². The Morgan fingerprint density at radius 2 is 2.43 bits per heavy atom. The van der Waals surface area contributed by atoms with E-state index in [9.17, 15) is 0 Å². The second-order valence-electron chi connectivity index (χ2n) is 4.06. The van der Waals surface area contributed by atoms with E-state index < -0.39 is 0 Å². The van der Waals surface area contributed by atoms with Crippen molar-refractivity contribution in [3.05, 3.63) is 28.9 Å². The van der Waals surface area contributed by atoms with Crippen molar-refractivity contribution < 1.29 is 0 Å². The fourth-order valence-corrected chi connectivity index (χ4v) is 2.45. The lowest BCUT2D eigenvalue weighted by Gasteiger charge is -2.27. The van der Waals surface area contributed by atoms with Crippen LogP contribution in [0.5, 0.6) is 0 Å². The highest BCUT2D eigenvalue weighted by Gasteiger charge is 2.20. The Morgan fingerprint density at radius 1 is 1.43 bits per heavy atom. The Kier molecular flexibility index (Phi) is 1.79. The first-order chi connectivity index (χ1) is 6.95. The van der Waals surface area contributed by atoms with Crippen LogP contribution in [0.15, 0.2) is 18.3 Å². The Morgan fingerprint density at radius 3 is 3.43 bits per heavy atom. The summed E-state index contributed by atoms with van der Waals surface area (Å²) in [7, 11) is 0. The zero-order chi connectivity index (χ0) is 9.38. The Hall–Kier alpha value is -1.31. The van der Waals surface area contributed by atoms with E-state index in [1.54, 1.807) is 0 Å². The quantitative estimate of drug-likeness (QED) is 0.633. The van der Waals surface area contributed by atoms with Crippen LogP contribution in [0.25, 0.3) is 11.8 Å². The molecular weight excluding hydrogens is 172 g/mol. The van der Waals surface area contributed by atoms with Gasteiger partial charge in [0.1, 0.15) is 0 Å². The highest BCUT2D eigenvalue weighted by atomic mass is 14.9. The molecule has 1 N–H and O–H groups in total. The summed E-state index contributed by atoms with van der Waals surface area (Å²) < 4.78 is 0. The van der Waals surface area contributed by atoms with Crippen molar-refractivity contribution in [1.82, 2.24) is 10.3 Å². The van der Waals surface area contributed by atoms with Gasteiger partial charge in [-0.3, -0.25) is 4.98 Å². The van der Waals surface area contributed by atoms with Crippen molar-refractivity contribution in [3.8, 4) is 0 Å². The van der Waals surface area contributed by atoms with Gasteiger partial charge in [0.2, 0.25) is 0 Å². The van der Waals surface area contributed by atoms with Crippen LogP contribution in [0.1, 0.15) is 19.3 Å². The number of hydrogen-bond acceptors (Lipinski definition) is 2. The average molecular weight is 186 g/mol. The lowest BCUT2D eigenvalue weighted by molar-refractivity contribution is 0.502. The molecule has 3 rings (SSSR count). The summed E-state index contributed by atoms with van der Waals surface area (Å²) in [5, 5.41) is 5.99. The normalized spacial score (nSPS) is 24.3. The van der Waals surface area contributed by atoms with Crippen LogP contribution in [0.3, 0.4) is 0 Å². The molecule has 0 bridgehead atoms. The molecule has 1 atom stereocenters. The molecule has 1 unspecified atom stereocenters. The minimum atomic E-state index is 0.700. The maximum Gasteiger partial charge on any atom is 0.0890 e. The van der Waals surface area contributed by atoms with Crippen LogP contribution >= 0.6 is 0 Å². The summed E-state index contributed by atoms with van der Waals surface area (Å²) in [6.45, 7) is 1.11. The molecular formula is C12H14N2. The van der Waals surface area contributed by atoms with Crippen molar-refractivity contribution in [2.75, 3.05) is 6.54 Å². The molecule has 1 saturated heterocycles. The van der Waals surface area contributed by atoms with E-state index in [1.807, 2.05) is 12.3 Å². The summed E-state index contributed by atoms with van der Waals surface area (Å²) >= 11 is 0. The lowest BCUT2D eigenvalue weighted by atomic mass is 9.89. The lowest BCUT2D eigenvalue weighted by Crippen LogP contribution is -2.42. The van der Waals surface area contributed by atoms with Crippen LogP contribution < -0.4 is 15.9 Å². The molecule has 1 aliphatic carbocycles. The van der Waals surface area contributed by atoms with Crippen molar-refractivity contribution in [3.63, 3.8) is 0 Å². The first-order valence-electron chi connectivity index (χ1n) is 5.34. The second kappa shape index (κ2) is 3.12. The molecule has 0 saturated carbocycles. The summed E-state index contributed by atoms with van der Waals surface area (Å²) in [6.07, 6.45) is 8.00. The van der Waals surface area contributed by atoms with Gasteiger partial charge in [-0.05, 0) is 30.5 Å². The molecule has 72 valence electrons. The van der Waals surface area contributed by atoms with Gasteiger partial charge in [-0.25, -0.2) is 0 Å². The predicted octanol–water partition coefficient (Wildman–Crippen LogP) is 0.374. The van der Waals surface area contributed by atoms with E-state index >= 15 is 0 Å². The van der Waals surface area contributed by atoms with Gasteiger partial charge in [0, 0.05) is 24.4 Å². The molecule has 1 aromatic heterocycles. The Balaban J connectivity index is 2.27. The molecule has 0 radical (unpaired) electrons. The van der Waals surface area contributed by atoms with Gasteiger partial charge >= 0.3 is 0 Å². The average Bonchev–Trinajstić information content (AvgIpc) is 2.29. The monoisotopic (exact) mass is 186 g/mol. The molecule has 1 aliphatic heterocycles. The Bertz CT molecular complexity index is 461. The number of nitrogens with one attached hydrogen (secondary N) is 1. The molecule has 14 heavy (non-hydrogen) atoms. The fraction of sp³-hybridized carbons (Fsp3) is 0.417. The largest absolute Gasteiger partial charge is 0.386 e. The van der Waals surface area contributed by atoms with Crippen LogP contribution in [0, 0.1) is 5.92 Å². The number of hydrogen-bond donors (Lipinski definition) is 1. The SMILES string of the molecule is C1=c2cccnc2=C2NCCCC2C1. The molecule has 2 aliphatic rings. The van der Waals surface area contributed by atoms with Crippen molar-refractivity contribution in [1.29, 1.82) is 0 Å². The molecule has 2 heterocycles. The van der Waals surface area contributed by atoms with E-state index in [2.05, 4.69) is 22.4 Å². The van der Waals surface area contributed by atoms with Crippen LogP contribution in [0.2, 0.25) is 0 Å². The van der Waals surface area contributed by atoms with E-state index in [0.29, 0.717) is 5.92 Å². The van der Waals surface area contributed by atoms with Gasteiger partial charge in [0.15, 0.2) is 0 Å². The number of pyridine rings is 1. The highest BCUT2D eigenvalue weighted by Crippen LogP contribution is 2.24. The zero-order valence-electron chi connectivity index (χ0n) is 8.16. The van der Waals surface area contributed by atoms with E-state index in [-0.39, 0.29) is 0 Å². The first kappa shape index (κ1) is 8.04. The van der Waals surface area contributed by atoms with Crippen molar-refractivity contribution >= 4 is 11.8 Å². The molecule has 0 spiro atoms. The van der Waals surface area contributed by atoms with Crippen LogP contribution in [-0.4, -0.2) is 11.5 Å². The third-order valence-corrected chi connectivity index (χ3v) is 3.17. The smallest absolute Gasteiger partial charge is 0.0890 e. The molecule has 2 heteroatoms. The summed E-state index contributed by atoms with van der Waals surface area (Å²) in [5.74, 6) is 0.700. The van der Waals surface area contributed by atoms with Crippen molar-refractivity contribution in [2.45, 2.75) is 19.3 Å². The maximum atomic E-state index is 4.47.